The lowest BCUT2D eigenvalue weighted by Gasteiger charge is -2.40. The minimum Gasteiger partial charge on any atom is -0.497 e. The van der Waals surface area contributed by atoms with Crippen molar-refractivity contribution >= 4 is 5.91 Å². The summed E-state index contributed by atoms with van der Waals surface area (Å²) in [5, 5.41) is 2.96. The molecule has 1 aliphatic rings. The fourth-order valence-electron chi connectivity index (χ4n) is 2.52. The van der Waals surface area contributed by atoms with Gasteiger partial charge >= 0.3 is 0 Å². The van der Waals surface area contributed by atoms with Crippen LogP contribution in [0.2, 0.25) is 0 Å². The summed E-state index contributed by atoms with van der Waals surface area (Å²) in [4.78, 5) is 12.4. The fraction of sp³-hybridized carbons (Fsp3) is 0.533. The number of rotatable bonds is 6. The maximum Gasteiger partial charge on any atom is 0.230 e. The predicted octanol–water partition coefficient (Wildman–Crippen LogP) is 1.88. The van der Waals surface area contributed by atoms with Crippen LogP contribution in [0.1, 0.15) is 24.8 Å². The average molecular weight is 263 g/mol. The number of methoxy groups -OCH3 is 2. The van der Waals surface area contributed by atoms with E-state index in [4.69, 9.17) is 9.47 Å². The molecule has 19 heavy (non-hydrogen) atoms. The van der Waals surface area contributed by atoms with Gasteiger partial charge in [0, 0.05) is 13.7 Å². The molecule has 0 unspecified atom stereocenters. The molecular formula is C15H21NO3. The van der Waals surface area contributed by atoms with E-state index < -0.39 is 0 Å². The van der Waals surface area contributed by atoms with Crippen LogP contribution in [-0.4, -0.2) is 33.3 Å². The Balaban J connectivity index is 2.10. The van der Waals surface area contributed by atoms with E-state index in [9.17, 15) is 4.79 Å². The summed E-state index contributed by atoms with van der Waals surface area (Å²) >= 11 is 0. The molecule has 1 aliphatic carbocycles. The summed E-state index contributed by atoms with van der Waals surface area (Å²) in [7, 11) is 3.28. The van der Waals surface area contributed by atoms with Gasteiger partial charge in [0.05, 0.1) is 19.1 Å². The molecular weight excluding hydrogens is 242 g/mol. The zero-order valence-electron chi connectivity index (χ0n) is 11.6. The minimum absolute atomic E-state index is 0.112. The van der Waals surface area contributed by atoms with Crippen LogP contribution in [0.3, 0.4) is 0 Å². The van der Waals surface area contributed by atoms with Gasteiger partial charge in [-0.3, -0.25) is 4.79 Å². The molecule has 0 aromatic heterocycles. The van der Waals surface area contributed by atoms with Gasteiger partial charge in [-0.25, -0.2) is 0 Å². The van der Waals surface area contributed by atoms with Gasteiger partial charge in [-0.1, -0.05) is 18.6 Å². The molecule has 0 heterocycles. The highest BCUT2D eigenvalue weighted by Gasteiger charge is 2.45. The van der Waals surface area contributed by atoms with Crippen molar-refractivity contribution in [2.24, 2.45) is 0 Å². The molecule has 1 saturated carbocycles. The highest BCUT2D eigenvalue weighted by atomic mass is 16.5. The maximum atomic E-state index is 12.4. The topological polar surface area (TPSA) is 47.6 Å². The number of carbonyl (C=O) groups excluding carboxylic acids is 1. The third-order valence-corrected chi connectivity index (χ3v) is 3.88. The molecule has 1 aromatic rings. The van der Waals surface area contributed by atoms with Gasteiger partial charge in [-0.15, -0.1) is 0 Å². The van der Waals surface area contributed by atoms with E-state index in [0.717, 1.165) is 30.6 Å². The maximum absolute atomic E-state index is 12.4. The Hall–Kier alpha value is -1.55. The summed E-state index contributed by atoms with van der Waals surface area (Å²) in [5.74, 6) is 0.930. The summed E-state index contributed by atoms with van der Waals surface area (Å²) in [6.45, 7) is 1.11. The second-order valence-corrected chi connectivity index (χ2v) is 4.91. The lowest BCUT2D eigenvalue weighted by molar-refractivity contribution is -0.130. The van der Waals surface area contributed by atoms with Crippen LogP contribution in [-0.2, 0) is 14.9 Å². The molecule has 0 spiro atoms. The van der Waals surface area contributed by atoms with Crippen LogP contribution in [0.25, 0.3) is 0 Å². The van der Waals surface area contributed by atoms with E-state index in [2.05, 4.69) is 5.32 Å². The van der Waals surface area contributed by atoms with Crippen LogP contribution in [0.4, 0.5) is 0 Å². The second-order valence-electron chi connectivity index (χ2n) is 4.91. The number of ether oxygens (including phenoxy) is 2. The second kappa shape index (κ2) is 6.06. The number of nitrogens with one attached hydrogen (secondary N) is 1. The van der Waals surface area contributed by atoms with Crippen LogP contribution >= 0.6 is 0 Å². The SMILES string of the molecule is COCCNC(=O)C1(c2ccc(OC)cc2)CCC1. The summed E-state index contributed by atoms with van der Waals surface area (Å²) in [5.41, 5.74) is 0.731. The van der Waals surface area contributed by atoms with Gasteiger partial charge in [0.2, 0.25) is 5.91 Å². The first-order valence-electron chi connectivity index (χ1n) is 6.65. The van der Waals surface area contributed by atoms with Crippen LogP contribution in [0.15, 0.2) is 24.3 Å². The molecule has 1 N–H and O–H groups in total. The molecule has 0 radical (unpaired) electrons. The van der Waals surface area contributed by atoms with E-state index in [1.54, 1.807) is 14.2 Å². The van der Waals surface area contributed by atoms with Gasteiger partial charge in [0.25, 0.3) is 0 Å². The van der Waals surface area contributed by atoms with Crippen molar-refractivity contribution in [3.8, 4) is 5.75 Å². The van der Waals surface area contributed by atoms with Gasteiger partial charge in [0.15, 0.2) is 0 Å². The fourth-order valence-corrected chi connectivity index (χ4v) is 2.52. The highest BCUT2D eigenvalue weighted by molar-refractivity contribution is 5.89. The minimum atomic E-state index is -0.347. The molecule has 0 aliphatic heterocycles. The first-order chi connectivity index (χ1) is 9.23. The Morgan fingerprint density at radius 1 is 1.26 bits per heavy atom. The van der Waals surface area contributed by atoms with E-state index in [1.165, 1.54) is 0 Å². The van der Waals surface area contributed by atoms with Gasteiger partial charge < -0.3 is 14.8 Å². The van der Waals surface area contributed by atoms with E-state index in [1.807, 2.05) is 24.3 Å². The Labute approximate surface area is 114 Å². The molecule has 2 rings (SSSR count). The Kier molecular flexibility index (Phi) is 4.43. The number of hydrogen-bond acceptors (Lipinski definition) is 3. The van der Waals surface area contributed by atoms with Gasteiger partial charge in [-0.2, -0.15) is 0 Å². The van der Waals surface area contributed by atoms with Crippen molar-refractivity contribution in [2.75, 3.05) is 27.4 Å². The Morgan fingerprint density at radius 3 is 2.42 bits per heavy atom. The van der Waals surface area contributed by atoms with E-state index >= 15 is 0 Å². The number of benzene rings is 1. The highest BCUT2D eigenvalue weighted by Crippen LogP contribution is 2.44. The number of hydrogen-bond donors (Lipinski definition) is 1. The Morgan fingerprint density at radius 2 is 1.95 bits per heavy atom. The van der Waals surface area contributed by atoms with Crippen LogP contribution in [0, 0.1) is 0 Å². The predicted molar refractivity (Wildman–Crippen MR) is 73.4 cm³/mol. The molecule has 4 heteroatoms. The zero-order valence-corrected chi connectivity index (χ0v) is 11.6. The lowest BCUT2D eigenvalue weighted by atomic mass is 9.64. The molecule has 0 bridgehead atoms. The largest absolute Gasteiger partial charge is 0.497 e. The van der Waals surface area contributed by atoms with Gasteiger partial charge in [0.1, 0.15) is 5.75 Å². The zero-order chi connectivity index (χ0) is 13.7. The standard InChI is InChI=1S/C15H21NO3/c1-18-11-10-16-14(17)15(8-3-9-15)12-4-6-13(19-2)7-5-12/h4-7H,3,8-11H2,1-2H3,(H,16,17). The number of amides is 1. The molecule has 4 nitrogen and oxygen atoms in total. The lowest BCUT2D eigenvalue weighted by Crippen LogP contribution is -2.49. The summed E-state index contributed by atoms with van der Waals surface area (Å²) in [6, 6.07) is 7.82. The van der Waals surface area contributed by atoms with Crippen LogP contribution in [0.5, 0.6) is 5.75 Å². The summed E-state index contributed by atoms with van der Waals surface area (Å²) in [6.07, 6.45) is 2.93. The molecule has 0 saturated heterocycles. The van der Waals surface area contributed by atoms with E-state index in [-0.39, 0.29) is 11.3 Å². The van der Waals surface area contributed by atoms with Crippen molar-refractivity contribution in [3.05, 3.63) is 29.8 Å². The molecule has 104 valence electrons. The quantitative estimate of drug-likeness (QED) is 0.797. The van der Waals surface area contributed by atoms with Crippen molar-refractivity contribution in [1.82, 2.24) is 5.32 Å². The average Bonchev–Trinajstić information content (AvgIpc) is 2.38. The third kappa shape index (κ3) is 2.73. The Bertz CT molecular complexity index is 424. The van der Waals surface area contributed by atoms with Gasteiger partial charge in [-0.05, 0) is 30.5 Å². The molecule has 1 fully saturated rings. The van der Waals surface area contributed by atoms with Crippen molar-refractivity contribution in [3.63, 3.8) is 0 Å². The van der Waals surface area contributed by atoms with Crippen molar-refractivity contribution in [1.29, 1.82) is 0 Å². The number of carbonyl (C=O) groups is 1. The molecule has 1 amide bonds. The van der Waals surface area contributed by atoms with Crippen molar-refractivity contribution < 1.29 is 14.3 Å². The smallest absolute Gasteiger partial charge is 0.230 e. The first kappa shape index (κ1) is 13.9. The van der Waals surface area contributed by atoms with E-state index in [0.29, 0.717) is 13.2 Å². The molecule has 1 aromatic carbocycles. The van der Waals surface area contributed by atoms with Crippen LogP contribution < -0.4 is 10.1 Å². The molecule has 0 atom stereocenters. The first-order valence-corrected chi connectivity index (χ1v) is 6.65. The third-order valence-electron chi connectivity index (χ3n) is 3.88. The van der Waals surface area contributed by atoms with Crippen molar-refractivity contribution in [2.45, 2.75) is 24.7 Å². The summed E-state index contributed by atoms with van der Waals surface area (Å²) < 4.78 is 10.1. The normalized spacial score (nSPS) is 16.5. The monoisotopic (exact) mass is 263 g/mol.